The highest BCUT2D eigenvalue weighted by atomic mass is 32.2. The van der Waals surface area contributed by atoms with Crippen LogP contribution < -0.4 is 14.4 Å². The maximum absolute atomic E-state index is 13.5. The first-order valence-electron chi connectivity index (χ1n) is 11.0. The second-order valence-electron chi connectivity index (χ2n) is 8.25. The summed E-state index contributed by atoms with van der Waals surface area (Å²) >= 11 is 0. The summed E-state index contributed by atoms with van der Waals surface area (Å²) in [5.74, 6) is 0.000200. The maximum atomic E-state index is 13.5. The Hall–Kier alpha value is -3.32. The molecule has 0 radical (unpaired) electrons. The molecule has 0 saturated carbocycles. The maximum Gasteiger partial charge on any atom is 0.264 e. The third-order valence-corrected chi connectivity index (χ3v) is 7.68. The molecule has 1 N–H and O–H groups in total. The van der Waals surface area contributed by atoms with E-state index >= 15 is 0 Å². The monoisotopic (exact) mass is 464 g/mol. The summed E-state index contributed by atoms with van der Waals surface area (Å²) in [6.07, 6.45) is -0.0285. The SMILES string of the molecule is CCc1ccc([C@@H](C)NC(=O)[C@@H]2CN(S(=O)(=O)c3ccc(C)cc3)c3ccccc3O2)cc1. The number of hydrogen-bond donors (Lipinski definition) is 1. The molecule has 1 aliphatic heterocycles. The Bertz CT molecular complexity index is 1240. The van der Waals surface area contributed by atoms with E-state index < -0.39 is 16.1 Å². The molecule has 2 atom stereocenters. The zero-order valence-corrected chi connectivity index (χ0v) is 19.8. The Morgan fingerprint density at radius 1 is 1.06 bits per heavy atom. The molecule has 0 unspecified atom stereocenters. The lowest BCUT2D eigenvalue weighted by molar-refractivity contribution is -0.128. The Morgan fingerprint density at radius 3 is 2.39 bits per heavy atom. The second kappa shape index (κ2) is 9.27. The van der Waals surface area contributed by atoms with Crippen LogP contribution in [0.25, 0.3) is 0 Å². The molecule has 1 aliphatic rings. The highest BCUT2D eigenvalue weighted by Crippen LogP contribution is 2.37. The standard InChI is InChI=1S/C26H28N2O4S/c1-4-20-11-13-21(14-12-20)19(3)27-26(29)25-17-28(23-7-5-6-8-24(23)32-25)33(30,31)22-15-9-18(2)10-16-22/h5-16,19,25H,4,17H2,1-3H3,(H,27,29)/t19-,25+/m1/s1. The molecule has 4 rings (SSSR count). The number of para-hydroxylation sites is 2. The first-order chi connectivity index (χ1) is 15.8. The molecule has 1 amide bonds. The Morgan fingerprint density at radius 2 is 1.73 bits per heavy atom. The van der Waals surface area contributed by atoms with Crippen LogP contribution in [0.4, 0.5) is 5.69 Å². The van der Waals surface area contributed by atoms with Crippen molar-refractivity contribution in [3.8, 4) is 5.75 Å². The Kier molecular flexibility index (Phi) is 6.42. The fourth-order valence-electron chi connectivity index (χ4n) is 3.84. The molecule has 7 heteroatoms. The average molecular weight is 465 g/mol. The van der Waals surface area contributed by atoms with Crippen LogP contribution in [0.15, 0.2) is 77.7 Å². The van der Waals surface area contributed by atoms with Crippen LogP contribution in [-0.4, -0.2) is 27.0 Å². The van der Waals surface area contributed by atoms with Crippen LogP contribution in [0, 0.1) is 6.92 Å². The van der Waals surface area contributed by atoms with E-state index in [0.29, 0.717) is 11.4 Å². The van der Waals surface area contributed by atoms with Crippen molar-refractivity contribution in [1.82, 2.24) is 5.32 Å². The van der Waals surface area contributed by atoms with Gasteiger partial charge in [0.2, 0.25) is 0 Å². The number of sulfonamides is 1. The Labute approximate surface area is 195 Å². The molecule has 6 nitrogen and oxygen atoms in total. The van der Waals surface area contributed by atoms with Gasteiger partial charge in [-0.25, -0.2) is 8.42 Å². The summed E-state index contributed by atoms with van der Waals surface area (Å²) in [6.45, 7) is 5.78. The smallest absolute Gasteiger partial charge is 0.264 e. The molecule has 0 bridgehead atoms. The van der Waals surface area contributed by atoms with E-state index in [1.165, 1.54) is 9.87 Å². The number of nitrogens with zero attached hydrogens (tertiary/aromatic N) is 1. The molecule has 33 heavy (non-hydrogen) atoms. The van der Waals surface area contributed by atoms with Gasteiger partial charge in [0.25, 0.3) is 15.9 Å². The van der Waals surface area contributed by atoms with E-state index in [1.807, 2.05) is 38.1 Å². The molecule has 0 aromatic heterocycles. The third kappa shape index (κ3) is 4.73. The number of amides is 1. The minimum Gasteiger partial charge on any atom is -0.476 e. The van der Waals surface area contributed by atoms with Crippen molar-refractivity contribution in [3.63, 3.8) is 0 Å². The van der Waals surface area contributed by atoms with Gasteiger partial charge in [-0.2, -0.15) is 0 Å². The number of ether oxygens (including phenoxy) is 1. The summed E-state index contributed by atoms with van der Waals surface area (Å²) in [4.78, 5) is 13.3. The van der Waals surface area contributed by atoms with E-state index in [0.717, 1.165) is 17.5 Å². The van der Waals surface area contributed by atoms with Crippen LogP contribution in [0.1, 0.15) is 36.6 Å². The minimum atomic E-state index is -3.87. The van der Waals surface area contributed by atoms with Gasteiger partial charge in [0.1, 0.15) is 5.75 Å². The zero-order valence-electron chi connectivity index (χ0n) is 19.0. The van der Waals surface area contributed by atoms with E-state index in [-0.39, 0.29) is 23.4 Å². The number of fused-ring (bicyclic) bond motifs is 1. The lowest BCUT2D eigenvalue weighted by atomic mass is 10.0. The van der Waals surface area contributed by atoms with Crippen molar-refractivity contribution in [2.75, 3.05) is 10.8 Å². The molecule has 3 aromatic carbocycles. The average Bonchev–Trinajstić information content (AvgIpc) is 2.83. The lowest BCUT2D eigenvalue weighted by Gasteiger charge is -2.35. The second-order valence-corrected chi connectivity index (χ2v) is 10.1. The van der Waals surface area contributed by atoms with Gasteiger partial charge in [-0.05, 0) is 55.7 Å². The highest BCUT2D eigenvalue weighted by Gasteiger charge is 2.37. The van der Waals surface area contributed by atoms with Crippen LogP contribution >= 0.6 is 0 Å². The number of rotatable bonds is 6. The van der Waals surface area contributed by atoms with Crippen LogP contribution in [0.2, 0.25) is 0 Å². The lowest BCUT2D eigenvalue weighted by Crippen LogP contribution is -2.51. The zero-order chi connectivity index (χ0) is 23.6. The first-order valence-corrected chi connectivity index (χ1v) is 12.5. The van der Waals surface area contributed by atoms with Crippen molar-refractivity contribution < 1.29 is 17.9 Å². The minimum absolute atomic E-state index is 0.111. The van der Waals surface area contributed by atoms with Crippen LogP contribution in [0.3, 0.4) is 0 Å². The van der Waals surface area contributed by atoms with E-state index in [9.17, 15) is 13.2 Å². The summed E-state index contributed by atoms with van der Waals surface area (Å²) in [6, 6.07) is 21.4. The summed E-state index contributed by atoms with van der Waals surface area (Å²) < 4.78 is 34.1. The van der Waals surface area contributed by atoms with Crippen molar-refractivity contribution in [2.24, 2.45) is 0 Å². The number of benzene rings is 3. The molecule has 0 spiro atoms. The highest BCUT2D eigenvalue weighted by molar-refractivity contribution is 7.92. The van der Waals surface area contributed by atoms with Crippen molar-refractivity contribution in [3.05, 3.63) is 89.5 Å². The van der Waals surface area contributed by atoms with Gasteiger partial charge in [0.05, 0.1) is 23.2 Å². The number of hydrogen-bond acceptors (Lipinski definition) is 4. The quantitative estimate of drug-likeness (QED) is 0.587. The van der Waals surface area contributed by atoms with Gasteiger partial charge in [-0.15, -0.1) is 0 Å². The normalized spacial score (nSPS) is 16.5. The molecule has 3 aromatic rings. The molecule has 172 valence electrons. The van der Waals surface area contributed by atoms with Gasteiger partial charge in [0.15, 0.2) is 6.10 Å². The van der Waals surface area contributed by atoms with Crippen molar-refractivity contribution in [2.45, 2.75) is 44.2 Å². The summed E-state index contributed by atoms with van der Waals surface area (Å²) in [7, 11) is -3.87. The molecule has 0 aliphatic carbocycles. The van der Waals surface area contributed by atoms with Gasteiger partial charge in [0, 0.05) is 0 Å². The van der Waals surface area contributed by atoms with E-state index in [1.54, 1.807) is 48.5 Å². The molecular formula is C26H28N2O4S. The van der Waals surface area contributed by atoms with E-state index in [2.05, 4.69) is 12.2 Å². The van der Waals surface area contributed by atoms with Gasteiger partial charge in [-0.1, -0.05) is 61.0 Å². The molecule has 0 fully saturated rings. The predicted octanol–water partition coefficient (Wildman–Crippen LogP) is 4.39. The number of aryl methyl sites for hydroxylation is 2. The van der Waals surface area contributed by atoms with Gasteiger partial charge < -0.3 is 10.1 Å². The summed E-state index contributed by atoms with van der Waals surface area (Å²) in [5.41, 5.74) is 3.59. The van der Waals surface area contributed by atoms with Gasteiger partial charge in [-0.3, -0.25) is 9.10 Å². The number of carbonyl (C=O) groups excluding carboxylic acids is 1. The fourth-order valence-corrected chi connectivity index (χ4v) is 5.31. The van der Waals surface area contributed by atoms with Crippen molar-refractivity contribution in [1.29, 1.82) is 0 Å². The summed E-state index contributed by atoms with van der Waals surface area (Å²) in [5, 5.41) is 2.97. The van der Waals surface area contributed by atoms with E-state index in [4.69, 9.17) is 4.74 Å². The molecular weight excluding hydrogens is 436 g/mol. The largest absolute Gasteiger partial charge is 0.476 e. The third-order valence-electron chi connectivity index (χ3n) is 5.88. The first kappa shape index (κ1) is 22.9. The van der Waals surface area contributed by atoms with Crippen LogP contribution in [0.5, 0.6) is 5.75 Å². The predicted molar refractivity (Wildman–Crippen MR) is 129 cm³/mol. The molecule has 0 saturated heterocycles. The number of anilines is 1. The van der Waals surface area contributed by atoms with Crippen molar-refractivity contribution >= 4 is 21.6 Å². The topological polar surface area (TPSA) is 75.7 Å². The number of nitrogens with one attached hydrogen (secondary N) is 1. The molecule has 1 heterocycles. The Balaban J connectivity index is 1.59. The number of carbonyl (C=O) groups is 1. The van der Waals surface area contributed by atoms with Gasteiger partial charge >= 0.3 is 0 Å². The van der Waals surface area contributed by atoms with Crippen LogP contribution in [-0.2, 0) is 21.2 Å². The fraction of sp³-hybridized carbons (Fsp3) is 0.269.